The van der Waals surface area contributed by atoms with Gasteiger partial charge in [0.1, 0.15) is 0 Å². The first kappa shape index (κ1) is 17.7. The maximum absolute atomic E-state index is 12.9. The van der Waals surface area contributed by atoms with Crippen LogP contribution in [0.1, 0.15) is 63.3 Å². The second kappa shape index (κ2) is 6.88. The molecular weight excluding hydrogens is 310 g/mol. The molecule has 130 valence electrons. The SMILES string of the molecule is CC[C@H](NC(=O)[C@@H](N)CC(C)(F)F)C(O)c1nc(C2CC2)no1. The molecule has 23 heavy (non-hydrogen) atoms. The lowest BCUT2D eigenvalue weighted by molar-refractivity contribution is -0.126. The molecule has 1 aliphatic carbocycles. The van der Waals surface area contributed by atoms with E-state index < -0.39 is 36.4 Å². The lowest BCUT2D eigenvalue weighted by Crippen LogP contribution is -2.48. The van der Waals surface area contributed by atoms with Crippen LogP contribution in [0, 0.1) is 0 Å². The van der Waals surface area contributed by atoms with E-state index in [1.165, 1.54) is 0 Å². The Bertz CT molecular complexity index is 542. The average Bonchev–Trinajstić information content (AvgIpc) is 3.19. The van der Waals surface area contributed by atoms with Gasteiger partial charge in [0.15, 0.2) is 11.9 Å². The number of rotatable bonds is 8. The summed E-state index contributed by atoms with van der Waals surface area (Å²) in [6.45, 7) is 2.43. The molecule has 9 heteroatoms. The van der Waals surface area contributed by atoms with Crippen LogP contribution in [0.4, 0.5) is 8.78 Å². The number of halogens is 2. The van der Waals surface area contributed by atoms with E-state index in [0.717, 1.165) is 12.8 Å². The number of nitrogens with one attached hydrogen (secondary N) is 1. The van der Waals surface area contributed by atoms with Crippen LogP contribution in [-0.2, 0) is 4.79 Å². The number of aliphatic hydroxyl groups excluding tert-OH is 1. The number of carbonyl (C=O) groups is 1. The van der Waals surface area contributed by atoms with Gasteiger partial charge in [-0.25, -0.2) is 8.78 Å². The van der Waals surface area contributed by atoms with Crippen molar-refractivity contribution in [1.29, 1.82) is 0 Å². The van der Waals surface area contributed by atoms with E-state index in [9.17, 15) is 18.7 Å². The molecule has 1 saturated carbocycles. The van der Waals surface area contributed by atoms with Gasteiger partial charge < -0.3 is 20.7 Å². The summed E-state index contributed by atoms with van der Waals surface area (Å²) in [7, 11) is 0. The van der Waals surface area contributed by atoms with Crippen LogP contribution < -0.4 is 11.1 Å². The van der Waals surface area contributed by atoms with Crippen LogP contribution in [0.25, 0.3) is 0 Å². The summed E-state index contributed by atoms with van der Waals surface area (Å²) in [6.07, 6.45) is 0.353. The van der Waals surface area contributed by atoms with E-state index in [0.29, 0.717) is 19.2 Å². The van der Waals surface area contributed by atoms with Gasteiger partial charge in [-0.1, -0.05) is 12.1 Å². The predicted octanol–water partition coefficient (Wildman–Crippen LogP) is 1.25. The number of aromatic nitrogens is 2. The van der Waals surface area contributed by atoms with Crippen molar-refractivity contribution in [3.05, 3.63) is 11.7 Å². The van der Waals surface area contributed by atoms with Gasteiger partial charge >= 0.3 is 0 Å². The lowest BCUT2D eigenvalue weighted by Gasteiger charge is -2.23. The van der Waals surface area contributed by atoms with Crippen molar-refractivity contribution in [1.82, 2.24) is 15.5 Å². The smallest absolute Gasteiger partial charge is 0.257 e. The highest BCUT2D eigenvalue weighted by Gasteiger charge is 2.34. The van der Waals surface area contributed by atoms with Crippen molar-refractivity contribution in [3.8, 4) is 0 Å². The molecule has 4 N–H and O–H groups in total. The number of aliphatic hydroxyl groups is 1. The Morgan fingerprint density at radius 2 is 2.22 bits per heavy atom. The number of nitrogens with zero attached hydrogens (tertiary/aromatic N) is 2. The van der Waals surface area contributed by atoms with Gasteiger partial charge in [0.25, 0.3) is 5.89 Å². The Labute approximate surface area is 132 Å². The lowest BCUT2D eigenvalue weighted by atomic mass is 10.1. The van der Waals surface area contributed by atoms with Crippen LogP contribution in [-0.4, -0.2) is 39.2 Å². The normalized spacial score (nSPS) is 19.2. The molecule has 1 heterocycles. The molecule has 3 atom stereocenters. The third-order valence-electron chi connectivity index (χ3n) is 3.72. The van der Waals surface area contributed by atoms with Gasteiger partial charge in [-0.15, -0.1) is 0 Å². The largest absolute Gasteiger partial charge is 0.381 e. The molecule has 1 fully saturated rings. The Kier molecular flexibility index (Phi) is 5.30. The molecule has 1 aliphatic rings. The van der Waals surface area contributed by atoms with Crippen LogP contribution in [0.2, 0.25) is 0 Å². The van der Waals surface area contributed by atoms with E-state index in [2.05, 4.69) is 15.5 Å². The standard InChI is InChI=1S/C14H22F2N4O3/c1-3-9(18-12(22)8(17)6-14(2,15)16)10(21)13-19-11(20-23-13)7-4-5-7/h7-10,21H,3-6,17H2,1-2H3,(H,18,22)/t8-,9-,10?/m0/s1. The highest BCUT2D eigenvalue weighted by molar-refractivity contribution is 5.81. The summed E-state index contributed by atoms with van der Waals surface area (Å²) in [6, 6.07) is -2.10. The first-order valence-electron chi connectivity index (χ1n) is 7.66. The van der Waals surface area contributed by atoms with Crippen LogP contribution in [0.5, 0.6) is 0 Å². The highest BCUT2D eigenvalue weighted by Crippen LogP contribution is 2.38. The highest BCUT2D eigenvalue weighted by atomic mass is 19.3. The fourth-order valence-corrected chi connectivity index (χ4v) is 2.22. The van der Waals surface area contributed by atoms with Gasteiger partial charge in [0.2, 0.25) is 11.8 Å². The number of hydrogen-bond donors (Lipinski definition) is 3. The molecule has 1 unspecified atom stereocenters. The van der Waals surface area contributed by atoms with Crippen LogP contribution in [0.15, 0.2) is 4.52 Å². The molecule has 7 nitrogen and oxygen atoms in total. The molecule has 1 amide bonds. The van der Waals surface area contributed by atoms with Crippen LogP contribution >= 0.6 is 0 Å². The number of amides is 1. The third kappa shape index (κ3) is 4.93. The maximum Gasteiger partial charge on any atom is 0.257 e. The molecule has 0 spiro atoms. The fraction of sp³-hybridized carbons (Fsp3) is 0.786. The van der Waals surface area contributed by atoms with Gasteiger partial charge in [-0.3, -0.25) is 4.79 Å². The van der Waals surface area contributed by atoms with E-state index >= 15 is 0 Å². The summed E-state index contributed by atoms with van der Waals surface area (Å²) < 4.78 is 30.9. The van der Waals surface area contributed by atoms with Crippen molar-refractivity contribution >= 4 is 5.91 Å². The Morgan fingerprint density at radius 3 is 2.74 bits per heavy atom. The zero-order valence-electron chi connectivity index (χ0n) is 13.1. The summed E-state index contributed by atoms with van der Waals surface area (Å²) in [5.74, 6) is -2.96. The number of alkyl halides is 2. The molecule has 0 aliphatic heterocycles. The Morgan fingerprint density at radius 1 is 1.57 bits per heavy atom. The Balaban J connectivity index is 1.96. The molecule has 0 aromatic carbocycles. The van der Waals surface area contributed by atoms with Crippen molar-refractivity contribution in [2.24, 2.45) is 5.73 Å². The molecule has 2 rings (SSSR count). The first-order valence-corrected chi connectivity index (χ1v) is 7.66. The molecule has 0 saturated heterocycles. The molecule has 1 aromatic rings. The summed E-state index contributed by atoms with van der Waals surface area (Å²) in [5.41, 5.74) is 5.47. The minimum Gasteiger partial charge on any atom is -0.381 e. The van der Waals surface area contributed by atoms with Crippen LogP contribution in [0.3, 0.4) is 0 Å². The second-order valence-corrected chi connectivity index (χ2v) is 6.11. The minimum absolute atomic E-state index is 0.00782. The van der Waals surface area contributed by atoms with Crippen molar-refractivity contribution in [2.45, 2.75) is 69.6 Å². The predicted molar refractivity (Wildman–Crippen MR) is 76.7 cm³/mol. The van der Waals surface area contributed by atoms with Gasteiger partial charge in [-0.2, -0.15) is 4.98 Å². The quantitative estimate of drug-likeness (QED) is 0.660. The van der Waals surface area contributed by atoms with E-state index in [1.807, 2.05) is 0 Å². The number of carbonyl (C=O) groups excluding carboxylic acids is 1. The monoisotopic (exact) mass is 332 g/mol. The zero-order valence-corrected chi connectivity index (χ0v) is 13.1. The fourth-order valence-electron chi connectivity index (χ4n) is 2.22. The van der Waals surface area contributed by atoms with Crippen molar-refractivity contribution in [3.63, 3.8) is 0 Å². The topological polar surface area (TPSA) is 114 Å². The average molecular weight is 332 g/mol. The van der Waals surface area contributed by atoms with Gasteiger partial charge in [0, 0.05) is 12.3 Å². The van der Waals surface area contributed by atoms with E-state index in [1.54, 1.807) is 6.92 Å². The van der Waals surface area contributed by atoms with Gasteiger partial charge in [-0.05, 0) is 26.2 Å². The number of hydrogen-bond acceptors (Lipinski definition) is 6. The van der Waals surface area contributed by atoms with Crippen molar-refractivity contribution in [2.75, 3.05) is 0 Å². The summed E-state index contributed by atoms with van der Waals surface area (Å²) >= 11 is 0. The van der Waals surface area contributed by atoms with E-state index in [4.69, 9.17) is 10.3 Å². The Hall–Kier alpha value is -1.61. The van der Waals surface area contributed by atoms with Gasteiger partial charge in [0.05, 0.1) is 12.1 Å². The molecule has 0 bridgehead atoms. The third-order valence-corrected chi connectivity index (χ3v) is 3.72. The zero-order chi connectivity index (χ0) is 17.2. The summed E-state index contributed by atoms with van der Waals surface area (Å²) in [4.78, 5) is 16.0. The van der Waals surface area contributed by atoms with E-state index in [-0.39, 0.29) is 11.8 Å². The first-order chi connectivity index (χ1) is 10.7. The molecule has 0 radical (unpaired) electrons. The maximum atomic E-state index is 12.9. The molecular formula is C14H22F2N4O3. The number of nitrogens with two attached hydrogens (primary N) is 1. The van der Waals surface area contributed by atoms with Crippen molar-refractivity contribution < 1.29 is 23.2 Å². The summed E-state index contributed by atoms with van der Waals surface area (Å²) in [5, 5.41) is 16.5. The second-order valence-electron chi connectivity index (χ2n) is 6.11. The molecule has 1 aromatic heterocycles. The minimum atomic E-state index is -3.04.